The van der Waals surface area contributed by atoms with E-state index in [1.807, 2.05) is 6.07 Å². The minimum Gasteiger partial charge on any atom is -0.118 e. The fraction of sp³-hybridized carbons (Fsp3) is 0.600. The highest BCUT2D eigenvalue weighted by molar-refractivity contribution is 7.20. The van der Waals surface area contributed by atoms with Crippen LogP contribution in [0.15, 0.2) is 6.07 Å². The van der Waals surface area contributed by atoms with Gasteiger partial charge in [0.1, 0.15) is 0 Å². The highest BCUT2D eigenvalue weighted by Crippen LogP contribution is 2.40. The zero-order valence-corrected chi connectivity index (χ0v) is 11.3. The number of alkyl halides is 1. The maximum Gasteiger partial charge on any atom is 0.0991 e. The van der Waals surface area contributed by atoms with E-state index >= 15 is 0 Å². The molecule has 0 aliphatic rings. The van der Waals surface area contributed by atoms with Crippen LogP contribution < -0.4 is 0 Å². The maximum atomic E-state index is 6.26. The summed E-state index contributed by atoms with van der Waals surface area (Å²) in [7, 11) is 0. The zero-order chi connectivity index (χ0) is 10.7. The first-order chi connectivity index (χ1) is 6.54. The third-order valence-corrected chi connectivity index (χ3v) is 4.26. The molecule has 0 aromatic carbocycles. The fourth-order valence-corrected chi connectivity index (χ4v) is 3.39. The number of hydrogen-bond acceptors (Lipinski definition) is 1. The van der Waals surface area contributed by atoms with Gasteiger partial charge < -0.3 is 0 Å². The van der Waals surface area contributed by atoms with Crippen LogP contribution in [-0.2, 0) is 0 Å². The van der Waals surface area contributed by atoms with Crippen LogP contribution in [0.5, 0.6) is 0 Å². The van der Waals surface area contributed by atoms with Gasteiger partial charge in [0.05, 0.1) is 14.0 Å². The third kappa shape index (κ3) is 3.30. The van der Waals surface area contributed by atoms with Crippen molar-refractivity contribution in [1.29, 1.82) is 0 Å². The predicted octanol–water partition coefficient (Wildman–Crippen LogP) is 5.77. The molecule has 1 rings (SSSR count). The van der Waals surface area contributed by atoms with Crippen LogP contribution in [0.4, 0.5) is 0 Å². The Kier molecular flexibility index (Phi) is 5.05. The summed E-state index contributed by atoms with van der Waals surface area (Å²) in [6, 6.07) is 1.87. The van der Waals surface area contributed by atoms with Crippen molar-refractivity contribution in [2.45, 2.75) is 32.1 Å². The molecule has 1 heterocycles. The summed E-state index contributed by atoms with van der Waals surface area (Å²) < 4.78 is 1.43. The van der Waals surface area contributed by atoms with E-state index in [0.29, 0.717) is 10.3 Å². The van der Waals surface area contributed by atoms with E-state index in [1.54, 1.807) is 0 Å². The third-order valence-electron chi connectivity index (χ3n) is 2.33. The van der Waals surface area contributed by atoms with Crippen molar-refractivity contribution in [3.05, 3.63) is 20.3 Å². The second-order valence-corrected chi connectivity index (χ2v) is 6.31. The largest absolute Gasteiger partial charge is 0.118 e. The molecule has 2 atom stereocenters. The van der Waals surface area contributed by atoms with Crippen LogP contribution in [0.2, 0.25) is 8.67 Å². The Balaban J connectivity index is 2.69. The van der Waals surface area contributed by atoms with E-state index < -0.39 is 0 Å². The van der Waals surface area contributed by atoms with Gasteiger partial charge in [-0.05, 0) is 18.4 Å². The Labute approximate surface area is 104 Å². The maximum absolute atomic E-state index is 6.26. The van der Waals surface area contributed by atoms with Gasteiger partial charge >= 0.3 is 0 Å². The van der Waals surface area contributed by atoms with E-state index in [4.69, 9.17) is 34.8 Å². The van der Waals surface area contributed by atoms with Gasteiger partial charge in [0.15, 0.2) is 0 Å². The zero-order valence-electron chi connectivity index (χ0n) is 8.19. The molecular formula is C10H13Cl3S. The predicted molar refractivity (Wildman–Crippen MR) is 67.0 cm³/mol. The van der Waals surface area contributed by atoms with Crippen LogP contribution in [0.3, 0.4) is 0 Å². The van der Waals surface area contributed by atoms with Gasteiger partial charge in [-0.25, -0.2) is 0 Å². The molecule has 0 spiro atoms. The minimum absolute atomic E-state index is 0.0128. The van der Waals surface area contributed by atoms with Gasteiger partial charge in [-0.2, -0.15) is 0 Å². The summed E-state index contributed by atoms with van der Waals surface area (Å²) in [6.45, 7) is 4.35. The molecule has 0 N–H and O–H groups in total. The van der Waals surface area contributed by atoms with Crippen molar-refractivity contribution in [3.63, 3.8) is 0 Å². The quantitative estimate of drug-likeness (QED) is 0.610. The van der Waals surface area contributed by atoms with Crippen LogP contribution in [0.1, 0.15) is 37.6 Å². The van der Waals surface area contributed by atoms with Gasteiger partial charge in [0.25, 0.3) is 0 Å². The van der Waals surface area contributed by atoms with Gasteiger partial charge in [-0.1, -0.05) is 43.5 Å². The van der Waals surface area contributed by atoms with Crippen molar-refractivity contribution in [2.75, 3.05) is 0 Å². The number of thiophene rings is 1. The first-order valence-corrected chi connectivity index (χ1v) is 6.64. The van der Waals surface area contributed by atoms with E-state index in [0.717, 1.165) is 22.7 Å². The van der Waals surface area contributed by atoms with Crippen molar-refractivity contribution in [2.24, 2.45) is 5.92 Å². The molecule has 0 fully saturated rings. The number of hydrogen-bond donors (Lipinski definition) is 0. The first kappa shape index (κ1) is 12.6. The van der Waals surface area contributed by atoms with Gasteiger partial charge in [0.2, 0.25) is 0 Å². The summed E-state index contributed by atoms with van der Waals surface area (Å²) in [5, 5.41) is -0.0128. The summed E-state index contributed by atoms with van der Waals surface area (Å²) in [4.78, 5) is 0. The van der Waals surface area contributed by atoms with Crippen LogP contribution in [-0.4, -0.2) is 0 Å². The molecule has 0 amide bonds. The Bertz CT molecular complexity index is 296. The average molecular weight is 272 g/mol. The lowest BCUT2D eigenvalue weighted by molar-refractivity contribution is 0.508. The summed E-state index contributed by atoms with van der Waals surface area (Å²) in [6.07, 6.45) is 2.09. The number of rotatable bonds is 4. The smallest absolute Gasteiger partial charge is 0.0991 e. The molecule has 0 bridgehead atoms. The summed E-state index contributed by atoms with van der Waals surface area (Å²) in [5.74, 6) is 0.618. The van der Waals surface area contributed by atoms with Gasteiger partial charge in [-0.15, -0.1) is 22.9 Å². The van der Waals surface area contributed by atoms with Crippen molar-refractivity contribution < 1.29 is 0 Å². The molecule has 0 nitrogen and oxygen atoms in total. The first-order valence-electron chi connectivity index (χ1n) is 4.63. The lowest BCUT2D eigenvalue weighted by Crippen LogP contribution is -1.98. The Morgan fingerprint density at radius 3 is 2.50 bits per heavy atom. The summed E-state index contributed by atoms with van der Waals surface area (Å²) >= 11 is 19.5. The van der Waals surface area contributed by atoms with E-state index in [-0.39, 0.29) is 5.38 Å². The molecule has 80 valence electrons. The second kappa shape index (κ2) is 5.60. The van der Waals surface area contributed by atoms with Gasteiger partial charge in [-0.3, -0.25) is 0 Å². The van der Waals surface area contributed by atoms with Gasteiger partial charge in [0, 0.05) is 5.56 Å². The molecule has 1 aromatic heterocycles. The lowest BCUT2D eigenvalue weighted by Gasteiger charge is -2.13. The molecule has 1 aromatic rings. The molecule has 0 aliphatic carbocycles. The lowest BCUT2D eigenvalue weighted by atomic mass is 10.0. The molecule has 2 unspecified atom stereocenters. The Morgan fingerprint density at radius 2 is 2.07 bits per heavy atom. The second-order valence-electron chi connectivity index (χ2n) is 3.50. The number of halogens is 3. The summed E-state index contributed by atoms with van der Waals surface area (Å²) in [5.41, 5.74) is 0.976. The highest BCUT2D eigenvalue weighted by atomic mass is 35.5. The van der Waals surface area contributed by atoms with Crippen molar-refractivity contribution in [1.82, 2.24) is 0 Å². The van der Waals surface area contributed by atoms with Crippen molar-refractivity contribution >= 4 is 46.1 Å². The molecule has 0 saturated heterocycles. The van der Waals surface area contributed by atoms with Crippen LogP contribution >= 0.6 is 46.1 Å². The van der Waals surface area contributed by atoms with E-state index in [2.05, 4.69) is 13.8 Å². The normalized spacial score (nSPS) is 15.5. The molecular weight excluding hydrogens is 259 g/mol. The standard InChI is InChI=1S/C10H13Cl3S/c1-3-6(2)4-8(11)7-5-9(12)14-10(7)13/h5-6,8H,3-4H2,1-2H3. The SMILES string of the molecule is CCC(C)CC(Cl)c1cc(Cl)sc1Cl. The molecule has 0 saturated carbocycles. The Hall–Kier alpha value is 0.570. The van der Waals surface area contributed by atoms with E-state index in [1.165, 1.54) is 11.3 Å². The topological polar surface area (TPSA) is 0 Å². The Morgan fingerprint density at radius 1 is 1.43 bits per heavy atom. The molecule has 4 heteroatoms. The highest BCUT2D eigenvalue weighted by Gasteiger charge is 2.17. The molecule has 0 aliphatic heterocycles. The average Bonchev–Trinajstić information content (AvgIpc) is 2.45. The van der Waals surface area contributed by atoms with E-state index in [9.17, 15) is 0 Å². The van der Waals surface area contributed by atoms with Crippen LogP contribution in [0.25, 0.3) is 0 Å². The van der Waals surface area contributed by atoms with Crippen molar-refractivity contribution in [3.8, 4) is 0 Å². The monoisotopic (exact) mass is 270 g/mol. The van der Waals surface area contributed by atoms with Crippen LogP contribution in [0, 0.1) is 5.92 Å². The minimum atomic E-state index is -0.0128. The fourth-order valence-electron chi connectivity index (χ4n) is 1.21. The molecule has 0 radical (unpaired) electrons. The molecule has 14 heavy (non-hydrogen) atoms.